The second-order valence-corrected chi connectivity index (χ2v) is 7.31. The van der Waals surface area contributed by atoms with E-state index in [1.54, 1.807) is 32.1 Å². The highest BCUT2D eigenvalue weighted by atomic mass is 32.2. The number of hydrogen-bond acceptors (Lipinski definition) is 4. The molecule has 0 aliphatic carbocycles. The zero-order valence-corrected chi connectivity index (χ0v) is 12.4. The lowest BCUT2D eigenvalue weighted by molar-refractivity contribution is 0.0697. The summed E-state index contributed by atoms with van der Waals surface area (Å²) in [6.45, 7) is 6.81. The molecule has 0 radical (unpaired) electrons. The van der Waals surface area contributed by atoms with Crippen LogP contribution in [0, 0.1) is 0 Å². The van der Waals surface area contributed by atoms with Crippen LogP contribution in [0.3, 0.4) is 0 Å². The van der Waals surface area contributed by atoms with Gasteiger partial charge >= 0.3 is 5.97 Å². The molecule has 0 heterocycles. The van der Waals surface area contributed by atoms with Gasteiger partial charge in [0.2, 0.25) is 0 Å². The highest BCUT2D eigenvalue weighted by Gasteiger charge is 2.16. The lowest BCUT2D eigenvalue weighted by Gasteiger charge is -2.12. The number of hydrogen-bond donors (Lipinski definition) is 2. The smallest absolute Gasteiger partial charge is 0.335 e. The standard InChI is InChI=1S/C14H19NO4S/c1-4-5-11-6-12(14(16)17)8-13(7-11)15-9-20(18,19)10(2)3/h4,6-8,10,15H,1,5,9H2,2-3H3,(H,16,17). The molecule has 20 heavy (non-hydrogen) atoms. The van der Waals surface area contributed by atoms with E-state index in [0.29, 0.717) is 12.1 Å². The summed E-state index contributed by atoms with van der Waals surface area (Å²) in [4.78, 5) is 11.0. The van der Waals surface area contributed by atoms with Crippen molar-refractivity contribution < 1.29 is 18.3 Å². The lowest BCUT2D eigenvalue weighted by atomic mass is 10.1. The van der Waals surface area contributed by atoms with E-state index in [1.807, 2.05) is 0 Å². The van der Waals surface area contributed by atoms with Crippen molar-refractivity contribution >= 4 is 21.5 Å². The molecule has 5 nitrogen and oxygen atoms in total. The van der Waals surface area contributed by atoms with Gasteiger partial charge in [-0.1, -0.05) is 6.08 Å². The second-order valence-electron chi connectivity index (χ2n) is 4.75. The Hall–Kier alpha value is -1.82. The van der Waals surface area contributed by atoms with E-state index >= 15 is 0 Å². The molecule has 0 aliphatic heterocycles. The molecule has 0 amide bonds. The fourth-order valence-electron chi connectivity index (χ4n) is 1.55. The predicted octanol–water partition coefficient (Wildman–Crippen LogP) is 2.31. The molecular formula is C14H19NO4S. The van der Waals surface area contributed by atoms with Gasteiger partial charge in [-0.15, -0.1) is 6.58 Å². The summed E-state index contributed by atoms with van der Waals surface area (Å²) in [6.07, 6.45) is 2.18. The van der Waals surface area contributed by atoms with E-state index in [2.05, 4.69) is 11.9 Å². The largest absolute Gasteiger partial charge is 0.478 e. The fourth-order valence-corrected chi connectivity index (χ4v) is 2.25. The fraction of sp³-hybridized carbons (Fsp3) is 0.357. The molecule has 1 aromatic carbocycles. The van der Waals surface area contributed by atoms with Gasteiger partial charge in [-0.05, 0) is 44.0 Å². The Bertz CT molecular complexity index is 606. The van der Waals surface area contributed by atoms with E-state index in [9.17, 15) is 13.2 Å². The van der Waals surface area contributed by atoms with Crippen LogP contribution in [0.15, 0.2) is 30.9 Å². The van der Waals surface area contributed by atoms with Crippen molar-refractivity contribution in [1.29, 1.82) is 0 Å². The van der Waals surface area contributed by atoms with Crippen LogP contribution in [-0.4, -0.2) is 30.6 Å². The minimum Gasteiger partial charge on any atom is -0.478 e. The Morgan fingerprint density at radius 1 is 1.40 bits per heavy atom. The predicted molar refractivity (Wildman–Crippen MR) is 79.8 cm³/mol. The number of rotatable bonds is 7. The molecule has 0 aliphatic rings. The third-order valence-corrected chi connectivity index (χ3v) is 4.80. The number of carbonyl (C=O) groups is 1. The van der Waals surface area contributed by atoms with Crippen LogP contribution in [0.1, 0.15) is 29.8 Å². The van der Waals surface area contributed by atoms with E-state index in [-0.39, 0.29) is 11.4 Å². The summed E-state index contributed by atoms with van der Waals surface area (Å²) >= 11 is 0. The van der Waals surface area contributed by atoms with E-state index < -0.39 is 21.1 Å². The molecule has 0 fully saturated rings. The molecule has 0 saturated carbocycles. The molecule has 110 valence electrons. The maximum absolute atomic E-state index is 11.7. The van der Waals surface area contributed by atoms with Crippen molar-refractivity contribution in [3.8, 4) is 0 Å². The quantitative estimate of drug-likeness (QED) is 0.755. The molecule has 1 aromatic rings. The van der Waals surface area contributed by atoms with E-state index in [1.165, 1.54) is 6.07 Å². The molecule has 0 bridgehead atoms. The average molecular weight is 297 g/mol. The minimum absolute atomic E-state index is 0.119. The number of carboxylic acids is 1. The topological polar surface area (TPSA) is 83.5 Å². The van der Waals surface area contributed by atoms with Crippen molar-refractivity contribution in [2.45, 2.75) is 25.5 Å². The number of nitrogens with one attached hydrogen (secondary N) is 1. The molecular weight excluding hydrogens is 278 g/mol. The molecule has 0 saturated heterocycles. The van der Waals surface area contributed by atoms with Crippen LogP contribution >= 0.6 is 0 Å². The highest BCUT2D eigenvalue weighted by Crippen LogP contribution is 2.17. The summed E-state index contributed by atoms with van der Waals surface area (Å²) in [7, 11) is -3.23. The van der Waals surface area contributed by atoms with Crippen LogP contribution < -0.4 is 5.32 Å². The number of anilines is 1. The summed E-state index contributed by atoms with van der Waals surface area (Å²) in [6, 6.07) is 4.70. The molecule has 0 unspecified atom stereocenters. The van der Waals surface area contributed by atoms with Crippen molar-refractivity contribution in [1.82, 2.24) is 0 Å². The third kappa shape index (κ3) is 4.38. The third-order valence-electron chi connectivity index (χ3n) is 2.82. The van der Waals surface area contributed by atoms with E-state index in [4.69, 9.17) is 5.11 Å². The Kier molecular flexibility index (Phi) is 5.33. The van der Waals surface area contributed by atoms with Crippen molar-refractivity contribution in [2.24, 2.45) is 0 Å². The number of allylic oxidation sites excluding steroid dienone is 1. The lowest BCUT2D eigenvalue weighted by Crippen LogP contribution is -2.22. The Balaban J connectivity index is 3.00. The van der Waals surface area contributed by atoms with Gasteiger partial charge in [-0.25, -0.2) is 13.2 Å². The summed E-state index contributed by atoms with van der Waals surface area (Å²) in [5, 5.41) is 11.3. The van der Waals surface area contributed by atoms with Gasteiger partial charge in [0.25, 0.3) is 0 Å². The van der Waals surface area contributed by atoms with Crippen LogP contribution in [-0.2, 0) is 16.3 Å². The second kappa shape index (κ2) is 6.56. The van der Waals surface area contributed by atoms with Crippen molar-refractivity contribution in [3.05, 3.63) is 42.0 Å². The minimum atomic E-state index is -3.23. The highest BCUT2D eigenvalue weighted by molar-refractivity contribution is 7.92. The van der Waals surface area contributed by atoms with Gasteiger partial charge < -0.3 is 10.4 Å². The molecule has 0 spiro atoms. The van der Waals surface area contributed by atoms with Gasteiger partial charge in [-0.3, -0.25) is 0 Å². The zero-order valence-electron chi connectivity index (χ0n) is 11.6. The number of sulfone groups is 1. The molecule has 2 N–H and O–H groups in total. The molecule has 0 aromatic heterocycles. The Morgan fingerprint density at radius 2 is 2.05 bits per heavy atom. The first-order chi connectivity index (χ1) is 9.26. The van der Waals surface area contributed by atoms with Crippen LogP contribution in [0.2, 0.25) is 0 Å². The zero-order chi connectivity index (χ0) is 15.3. The van der Waals surface area contributed by atoms with Crippen LogP contribution in [0.25, 0.3) is 0 Å². The first-order valence-electron chi connectivity index (χ1n) is 6.20. The maximum atomic E-state index is 11.7. The molecule has 0 atom stereocenters. The molecule has 1 rings (SSSR count). The van der Waals surface area contributed by atoms with Crippen LogP contribution in [0.4, 0.5) is 5.69 Å². The van der Waals surface area contributed by atoms with Crippen molar-refractivity contribution in [3.63, 3.8) is 0 Å². The number of carboxylic acid groups (broad SMARTS) is 1. The van der Waals surface area contributed by atoms with Gasteiger partial charge in [0.05, 0.1) is 10.8 Å². The van der Waals surface area contributed by atoms with Gasteiger partial charge in [0.15, 0.2) is 9.84 Å². The first-order valence-corrected chi connectivity index (χ1v) is 7.91. The van der Waals surface area contributed by atoms with Gasteiger partial charge in [0, 0.05) is 5.69 Å². The summed E-state index contributed by atoms with van der Waals surface area (Å²) in [5.41, 5.74) is 1.36. The average Bonchev–Trinajstić information content (AvgIpc) is 2.36. The number of benzene rings is 1. The Labute approximate surface area is 119 Å². The van der Waals surface area contributed by atoms with E-state index in [0.717, 1.165) is 5.56 Å². The molecule has 6 heteroatoms. The van der Waals surface area contributed by atoms with Gasteiger partial charge in [-0.2, -0.15) is 0 Å². The monoisotopic (exact) mass is 297 g/mol. The maximum Gasteiger partial charge on any atom is 0.335 e. The first kappa shape index (κ1) is 16.2. The SMILES string of the molecule is C=CCc1cc(NCS(=O)(=O)C(C)C)cc(C(=O)O)c1. The number of aromatic carboxylic acids is 1. The van der Waals surface area contributed by atoms with Crippen molar-refractivity contribution in [2.75, 3.05) is 11.2 Å². The summed E-state index contributed by atoms with van der Waals surface area (Å²) < 4.78 is 23.5. The van der Waals surface area contributed by atoms with Crippen LogP contribution in [0.5, 0.6) is 0 Å². The van der Waals surface area contributed by atoms with Gasteiger partial charge in [0.1, 0.15) is 5.88 Å². The summed E-state index contributed by atoms with van der Waals surface area (Å²) in [5.74, 6) is -1.27. The Morgan fingerprint density at radius 3 is 2.55 bits per heavy atom. The normalized spacial score (nSPS) is 11.3.